The van der Waals surface area contributed by atoms with Gasteiger partial charge in [-0.05, 0) is 24.1 Å². The standard InChI is InChI=1S/C13H18F3N/c1-2-3-4-12(17-9-13(15)16)10-5-7-11(14)8-6-10/h5-8,12-13,17H,2-4,9H2,1H3. The van der Waals surface area contributed by atoms with Crippen molar-refractivity contribution in [2.24, 2.45) is 0 Å². The molecule has 0 aromatic heterocycles. The maximum Gasteiger partial charge on any atom is 0.250 e. The van der Waals surface area contributed by atoms with Gasteiger partial charge in [-0.3, -0.25) is 0 Å². The number of nitrogens with one attached hydrogen (secondary N) is 1. The third-order valence-corrected chi connectivity index (χ3v) is 2.64. The van der Waals surface area contributed by atoms with Crippen molar-refractivity contribution in [2.45, 2.75) is 38.7 Å². The quantitative estimate of drug-likeness (QED) is 0.768. The maximum absolute atomic E-state index is 12.8. The number of unbranched alkanes of at least 4 members (excludes halogenated alkanes) is 1. The van der Waals surface area contributed by atoms with E-state index in [0.717, 1.165) is 24.8 Å². The van der Waals surface area contributed by atoms with Crippen LogP contribution in [0.5, 0.6) is 0 Å². The molecule has 4 heteroatoms. The molecule has 0 radical (unpaired) electrons. The van der Waals surface area contributed by atoms with Crippen LogP contribution in [-0.2, 0) is 0 Å². The Kier molecular flexibility index (Phi) is 6.05. The molecule has 1 rings (SSSR count). The first-order valence-corrected chi connectivity index (χ1v) is 5.90. The zero-order chi connectivity index (χ0) is 12.7. The number of halogens is 3. The Morgan fingerprint density at radius 3 is 2.35 bits per heavy atom. The van der Waals surface area contributed by atoms with Crippen LogP contribution in [-0.4, -0.2) is 13.0 Å². The van der Waals surface area contributed by atoms with Crippen molar-refractivity contribution >= 4 is 0 Å². The summed E-state index contributed by atoms with van der Waals surface area (Å²) in [7, 11) is 0. The zero-order valence-electron chi connectivity index (χ0n) is 9.93. The van der Waals surface area contributed by atoms with Crippen LogP contribution in [0.1, 0.15) is 37.8 Å². The molecular formula is C13H18F3N. The Bertz CT molecular complexity index is 311. The summed E-state index contributed by atoms with van der Waals surface area (Å²) in [6.45, 7) is 1.72. The third-order valence-electron chi connectivity index (χ3n) is 2.64. The van der Waals surface area contributed by atoms with Crippen molar-refractivity contribution in [3.05, 3.63) is 35.6 Å². The molecule has 17 heavy (non-hydrogen) atoms. The van der Waals surface area contributed by atoms with E-state index in [1.807, 2.05) is 0 Å². The van der Waals surface area contributed by atoms with E-state index in [1.165, 1.54) is 12.1 Å². The maximum atomic E-state index is 12.8. The fraction of sp³-hybridized carbons (Fsp3) is 0.538. The van der Waals surface area contributed by atoms with E-state index in [1.54, 1.807) is 12.1 Å². The molecule has 0 aliphatic heterocycles. The molecule has 0 heterocycles. The smallest absolute Gasteiger partial charge is 0.250 e. The van der Waals surface area contributed by atoms with Crippen molar-refractivity contribution in [2.75, 3.05) is 6.54 Å². The molecule has 1 unspecified atom stereocenters. The Morgan fingerprint density at radius 2 is 1.82 bits per heavy atom. The summed E-state index contributed by atoms with van der Waals surface area (Å²) in [6, 6.07) is 5.89. The molecule has 96 valence electrons. The normalized spacial score (nSPS) is 13.0. The lowest BCUT2D eigenvalue weighted by Gasteiger charge is -2.18. The molecule has 1 aromatic carbocycles. The summed E-state index contributed by atoms with van der Waals surface area (Å²) in [5.41, 5.74) is 0.862. The van der Waals surface area contributed by atoms with Gasteiger partial charge in [-0.2, -0.15) is 0 Å². The molecule has 1 atom stereocenters. The van der Waals surface area contributed by atoms with Crippen molar-refractivity contribution in [1.29, 1.82) is 0 Å². The van der Waals surface area contributed by atoms with Crippen LogP contribution in [0.4, 0.5) is 13.2 Å². The predicted molar refractivity (Wildman–Crippen MR) is 62.7 cm³/mol. The summed E-state index contributed by atoms with van der Waals surface area (Å²) in [5, 5.41) is 2.82. The van der Waals surface area contributed by atoms with E-state index in [4.69, 9.17) is 0 Å². The summed E-state index contributed by atoms with van der Waals surface area (Å²) < 4.78 is 37.1. The first-order chi connectivity index (χ1) is 8.13. The second-order valence-electron chi connectivity index (χ2n) is 4.05. The lowest BCUT2D eigenvalue weighted by Crippen LogP contribution is -2.26. The first-order valence-electron chi connectivity index (χ1n) is 5.90. The Balaban J connectivity index is 2.63. The molecule has 0 aliphatic carbocycles. The van der Waals surface area contributed by atoms with Crippen molar-refractivity contribution in [3.8, 4) is 0 Å². The third kappa shape index (κ3) is 5.22. The highest BCUT2D eigenvalue weighted by Gasteiger charge is 2.12. The van der Waals surface area contributed by atoms with Gasteiger partial charge in [0.15, 0.2) is 0 Å². The minimum Gasteiger partial charge on any atom is -0.305 e. The Labute approximate surface area is 100 Å². The molecule has 0 fully saturated rings. The predicted octanol–water partition coefficient (Wildman–Crippen LogP) is 3.91. The molecule has 1 N–H and O–H groups in total. The van der Waals surface area contributed by atoms with Crippen molar-refractivity contribution < 1.29 is 13.2 Å². The van der Waals surface area contributed by atoms with Gasteiger partial charge in [0, 0.05) is 6.04 Å². The molecule has 0 amide bonds. The average Bonchev–Trinajstić information content (AvgIpc) is 2.30. The van der Waals surface area contributed by atoms with E-state index < -0.39 is 6.43 Å². The Hall–Kier alpha value is -1.03. The molecule has 1 aromatic rings. The molecule has 0 spiro atoms. The topological polar surface area (TPSA) is 12.0 Å². The SMILES string of the molecule is CCCCC(NCC(F)F)c1ccc(F)cc1. The van der Waals surface area contributed by atoms with E-state index in [0.29, 0.717) is 0 Å². The highest BCUT2D eigenvalue weighted by molar-refractivity contribution is 5.19. The van der Waals surface area contributed by atoms with Gasteiger partial charge in [0.2, 0.25) is 0 Å². The minimum atomic E-state index is -2.36. The average molecular weight is 245 g/mol. The van der Waals surface area contributed by atoms with Gasteiger partial charge in [-0.25, -0.2) is 13.2 Å². The second-order valence-corrected chi connectivity index (χ2v) is 4.05. The summed E-state index contributed by atoms with van der Waals surface area (Å²) in [5.74, 6) is -0.308. The van der Waals surface area contributed by atoms with Crippen LogP contribution in [0.25, 0.3) is 0 Å². The number of alkyl halides is 2. The highest BCUT2D eigenvalue weighted by atomic mass is 19.3. The lowest BCUT2D eigenvalue weighted by molar-refractivity contribution is 0.140. The Morgan fingerprint density at radius 1 is 1.18 bits per heavy atom. The highest BCUT2D eigenvalue weighted by Crippen LogP contribution is 2.20. The summed E-state index contributed by atoms with van der Waals surface area (Å²) >= 11 is 0. The van der Waals surface area contributed by atoms with Gasteiger partial charge in [0.1, 0.15) is 5.82 Å². The fourth-order valence-electron chi connectivity index (χ4n) is 1.72. The van der Waals surface area contributed by atoms with Crippen molar-refractivity contribution in [1.82, 2.24) is 5.32 Å². The van der Waals surface area contributed by atoms with Gasteiger partial charge >= 0.3 is 0 Å². The van der Waals surface area contributed by atoms with Crippen LogP contribution in [0.15, 0.2) is 24.3 Å². The van der Waals surface area contributed by atoms with Crippen molar-refractivity contribution in [3.63, 3.8) is 0 Å². The number of hydrogen-bond donors (Lipinski definition) is 1. The van der Waals surface area contributed by atoms with Gasteiger partial charge < -0.3 is 5.32 Å². The molecular weight excluding hydrogens is 227 g/mol. The molecule has 1 nitrogen and oxygen atoms in total. The zero-order valence-corrected chi connectivity index (χ0v) is 9.93. The van der Waals surface area contributed by atoms with E-state index in [9.17, 15) is 13.2 Å². The van der Waals surface area contributed by atoms with E-state index in [-0.39, 0.29) is 18.4 Å². The van der Waals surface area contributed by atoms with Gasteiger partial charge in [-0.15, -0.1) is 0 Å². The lowest BCUT2D eigenvalue weighted by atomic mass is 10.0. The number of hydrogen-bond acceptors (Lipinski definition) is 1. The fourth-order valence-corrected chi connectivity index (χ4v) is 1.72. The van der Waals surface area contributed by atoms with E-state index >= 15 is 0 Å². The van der Waals surface area contributed by atoms with Gasteiger partial charge in [0.25, 0.3) is 6.43 Å². The van der Waals surface area contributed by atoms with Crippen LogP contribution in [0.2, 0.25) is 0 Å². The van der Waals surface area contributed by atoms with Crippen LogP contribution >= 0.6 is 0 Å². The van der Waals surface area contributed by atoms with Crippen LogP contribution in [0, 0.1) is 5.82 Å². The molecule has 0 saturated heterocycles. The number of rotatable bonds is 7. The van der Waals surface area contributed by atoms with Crippen LogP contribution in [0.3, 0.4) is 0 Å². The molecule has 0 saturated carbocycles. The first kappa shape index (κ1) is 14.0. The molecule has 0 bridgehead atoms. The van der Waals surface area contributed by atoms with E-state index in [2.05, 4.69) is 12.2 Å². The van der Waals surface area contributed by atoms with Gasteiger partial charge in [0.05, 0.1) is 6.54 Å². The largest absolute Gasteiger partial charge is 0.305 e. The second kappa shape index (κ2) is 7.33. The summed E-state index contributed by atoms with van der Waals surface area (Å²) in [4.78, 5) is 0. The number of benzene rings is 1. The molecule has 0 aliphatic rings. The summed E-state index contributed by atoms with van der Waals surface area (Å²) in [6.07, 6.45) is 0.390. The van der Waals surface area contributed by atoms with Gasteiger partial charge in [-0.1, -0.05) is 31.9 Å². The monoisotopic (exact) mass is 245 g/mol. The minimum absolute atomic E-state index is 0.121. The van der Waals surface area contributed by atoms with Crippen LogP contribution < -0.4 is 5.32 Å².